The molecule has 1 amide bonds. The van der Waals surface area contributed by atoms with Crippen molar-refractivity contribution in [3.8, 4) is 0 Å². The lowest BCUT2D eigenvalue weighted by atomic mass is 9.97. The smallest absolute Gasteiger partial charge is 0.410 e. The molecule has 1 fully saturated rings. The summed E-state index contributed by atoms with van der Waals surface area (Å²) in [5.41, 5.74) is 1.45. The Balaban J connectivity index is 1.65. The van der Waals surface area contributed by atoms with Crippen LogP contribution in [0, 0.1) is 9.39 Å². The molecule has 0 N–H and O–H groups in total. The average molecular weight is 565 g/mol. The number of rotatable bonds is 5. The van der Waals surface area contributed by atoms with Gasteiger partial charge in [-0.05, 0) is 76.5 Å². The summed E-state index contributed by atoms with van der Waals surface area (Å²) < 4.78 is 46.1. The lowest BCUT2D eigenvalue weighted by Crippen LogP contribution is -2.40. The first-order valence-corrected chi connectivity index (χ1v) is 12.6. The standard InChI is InChI=1S/C24H21FINO4S/c25-20-8-12-22(13-9-20)32(29,30)24(19-6-10-21(26)11-7-19)14-15-27(17-24)23(28)31-16-18-4-2-1-3-5-18/h1-13H,14-17H2. The van der Waals surface area contributed by atoms with Gasteiger partial charge in [0.25, 0.3) is 0 Å². The van der Waals surface area contributed by atoms with Gasteiger partial charge >= 0.3 is 6.09 Å². The molecule has 1 aliphatic rings. The second-order valence-electron chi connectivity index (χ2n) is 7.67. The highest BCUT2D eigenvalue weighted by Crippen LogP contribution is 2.43. The number of hydrogen-bond acceptors (Lipinski definition) is 4. The molecule has 1 atom stereocenters. The zero-order valence-corrected chi connectivity index (χ0v) is 20.1. The summed E-state index contributed by atoms with van der Waals surface area (Å²) in [6.45, 7) is 0.304. The molecular formula is C24H21FINO4S. The first-order chi connectivity index (χ1) is 15.3. The highest BCUT2D eigenvalue weighted by Gasteiger charge is 2.52. The van der Waals surface area contributed by atoms with E-state index < -0.39 is 26.5 Å². The Bertz CT molecular complexity index is 1200. The van der Waals surface area contributed by atoms with E-state index in [1.165, 1.54) is 17.0 Å². The molecule has 0 aromatic heterocycles. The van der Waals surface area contributed by atoms with Gasteiger partial charge in [0.15, 0.2) is 9.84 Å². The van der Waals surface area contributed by atoms with Crippen LogP contribution in [-0.4, -0.2) is 32.5 Å². The van der Waals surface area contributed by atoms with Crippen molar-refractivity contribution < 1.29 is 22.3 Å². The molecular weight excluding hydrogens is 544 g/mol. The summed E-state index contributed by atoms with van der Waals surface area (Å²) in [6, 6.07) is 21.4. The minimum atomic E-state index is -3.94. The van der Waals surface area contributed by atoms with Crippen LogP contribution in [0.25, 0.3) is 0 Å². The second kappa shape index (κ2) is 9.19. The number of likely N-dealkylation sites (tertiary alicyclic amines) is 1. The minimum Gasteiger partial charge on any atom is -0.445 e. The lowest BCUT2D eigenvalue weighted by Gasteiger charge is -2.30. The number of benzene rings is 3. The van der Waals surface area contributed by atoms with Crippen LogP contribution in [0.15, 0.2) is 83.8 Å². The summed E-state index contributed by atoms with van der Waals surface area (Å²) in [6.07, 6.45) is -0.344. The molecule has 1 aliphatic heterocycles. The molecule has 3 aromatic carbocycles. The molecule has 0 bridgehead atoms. The molecule has 5 nitrogen and oxygen atoms in total. The van der Waals surface area contributed by atoms with E-state index in [0.29, 0.717) is 5.56 Å². The van der Waals surface area contributed by atoms with Crippen molar-refractivity contribution in [1.29, 1.82) is 0 Å². The molecule has 3 aromatic rings. The zero-order valence-electron chi connectivity index (χ0n) is 17.1. The maximum absolute atomic E-state index is 13.8. The normalized spacial score (nSPS) is 18.5. The largest absolute Gasteiger partial charge is 0.445 e. The van der Waals surface area contributed by atoms with Gasteiger partial charge in [0.2, 0.25) is 0 Å². The molecule has 0 aliphatic carbocycles. The Morgan fingerprint density at radius 2 is 1.66 bits per heavy atom. The number of carbonyl (C=O) groups is 1. The number of halogens is 2. The molecule has 0 radical (unpaired) electrons. The van der Waals surface area contributed by atoms with Crippen LogP contribution in [-0.2, 0) is 25.9 Å². The van der Waals surface area contributed by atoms with E-state index in [1.54, 1.807) is 12.1 Å². The van der Waals surface area contributed by atoms with Gasteiger partial charge in [-0.15, -0.1) is 0 Å². The molecule has 166 valence electrons. The van der Waals surface area contributed by atoms with Crippen LogP contribution in [0.1, 0.15) is 17.5 Å². The van der Waals surface area contributed by atoms with E-state index in [9.17, 15) is 17.6 Å². The van der Waals surface area contributed by atoms with Crippen molar-refractivity contribution in [3.63, 3.8) is 0 Å². The van der Waals surface area contributed by atoms with Crippen LogP contribution >= 0.6 is 22.6 Å². The van der Waals surface area contributed by atoms with E-state index in [4.69, 9.17) is 4.74 Å². The molecule has 4 rings (SSSR count). The minimum absolute atomic E-state index is 0.0250. The average Bonchev–Trinajstić information content (AvgIpc) is 3.26. The van der Waals surface area contributed by atoms with Crippen LogP contribution in [0.3, 0.4) is 0 Å². The molecule has 1 saturated heterocycles. The predicted molar refractivity (Wildman–Crippen MR) is 127 cm³/mol. The predicted octanol–water partition coefficient (Wildman–Crippen LogP) is 5.14. The molecule has 1 heterocycles. The molecule has 32 heavy (non-hydrogen) atoms. The maximum atomic E-state index is 13.8. The van der Waals surface area contributed by atoms with E-state index >= 15 is 0 Å². The van der Waals surface area contributed by atoms with E-state index in [1.807, 2.05) is 42.5 Å². The fourth-order valence-electron chi connectivity index (χ4n) is 3.95. The summed E-state index contributed by atoms with van der Waals surface area (Å²) in [5.74, 6) is -0.509. The molecule has 0 saturated carbocycles. The summed E-state index contributed by atoms with van der Waals surface area (Å²) >= 11 is 2.16. The number of ether oxygens (including phenoxy) is 1. The SMILES string of the molecule is O=C(OCc1ccccc1)N1CCC(c2ccc(I)cc2)(S(=O)(=O)c2ccc(F)cc2)C1. The lowest BCUT2D eigenvalue weighted by molar-refractivity contribution is 0.103. The van der Waals surface area contributed by atoms with E-state index in [2.05, 4.69) is 22.6 Å². The molecule has 1 unspecified atom stereocenters. The highest BCUT2D eigenvalue weighted by molar-refractivity contribution is 14.1. The van der Waals surface area contributed by atoms with Crippen LogP contribution in [0.2, 0.25) is 0 Å². The summed E-state index contributed by atoms with van der Waals surface area (Å²) in [7, 11) is -3.94. The number of sulfone groups is 1. The Morgan fingerprint density at radius 1 is 1.00 bits per heavy atom. The number of carbonyl (C=O) groups excluding carboxylic acids is 1. The number of hydrogen-bond donors (Lipinski definition) is 0. The Kier molecular flexibility index (Phi) is 6.52. The molecule has 8 heteroatoms. The fourth-order valence-corrected chi connectivity index (χ4v) is 6.39. The van der Waals surface area contributed by atoms with Gasteiger partial charge in [-0.1, -0.05) is 42.5 Å². The summed E-state index contributed by atoms with van der Waals surface area (Å²) in [5, 5.41) is 0. The van der Waals surface area contributed by atoms with Gasteiger partial charge < -0.3 is 9.64 Å². The maximum Gasteiger partial charge on any atom is 0.410 e. The van der Waals surface area contributed by atoms with E-state index in [0.717, 1.165) is 21.3 Å². The number of amides is 1. The van der Waals surface area contributed by atoms with Crippen molar-refractivity contribution >= 4 is 38.5 Å². The van der Waals surface area contributed by atoms with Gasteiger partial charge in [0.05, 0.1) is 4.90 Å². The van der Waals surface area contributed by atoms with Gasteiger partial charge in [-0.25, -0.2) is 17.6 Å². The van der Waals surface area contributed by atoms with Gasteiger partial charge in [-0.3, -0.25) is 0 Å². The van der Waals surface area contributed by atoms with E-state index in [-0.39, 0.29) is 31.0 Å². The van der Waals surface area contributed by atoms with Crippen LogP contribution in [0.5, 0.6) is 0 Å². The van der Waals surface area contributed by atoms with Crippen LogP contribution in [0.4, 0.5) is 9.18 Å². The Labute approximate surface area is 200 Å². The highest BCUT2D eigenvalue weighted by atomic mass is 127. The Morgan fingerprint density at radius 3 is 2.31 bits per heavy atom. The second-order valence-corrected chi connectivity index (χ2v) is 11.2. The molecule has 0 spiro atoms. The van der Waals surface area contributed by atoms with Crippen LogP contribution < -0.4 is 0 Å². The third-order valence-corrected chi connectivity index (χ3v) is 8.91. The van der Waals surface area contributed by atoms with Gasteiger partial charge in [-0.2, -0.15) is 0 Å². The van der Waals surface area contributed by atoms with Crippen molar-refractivity contribution in [3.05, 3.63) is 99.4 Å². The summed E-state index contributed by atoms with van der Waals surface area (Å²) in [4.78, 5) is 14.2. The van der Waals surface area contributed by atoms with Crippen molar-refractivity contribution in [2.45, 2.75) is 22.7 Å². The Hall–Kier alpha value is -2.46. The third kappa shape index (κ3) is 4.38. The van der Waals surface area contributed by atoms with Crippen molar-refractivity contribution in [2.24, 2.45) is 0 Å². The monoisotopic (exact) mass is 565 g/mol. The van der Waals surface area contributed by atoms with Gasteiger partial charge in [0.1, 0.15) is 17.2 Å². The van der Waals surface area contributed by atoms with Crippen molar-refractivity contribution in [1.82, 2.24) is 4.90 Å². The number of nitrogens with zero attached hydrogens (tertiary/aromatic N) is 1. The quantitative estimate of drug-likeness (QED) is 0.318. The fraction of sp³-hybridized carbons (Fsp3) is 0.208. The topological polar surface area (TPSA) is 63.7 Å². The van der Waals surface area contributed by atoms with Crippen molar-refractivity contribution in [2.75, 3.05) is 13.1 Å². The van der Waals surface area contributed by atoms with Gasteiger partial charge in [0, 0.05) is 16.7 Å². The third-order valence-electron chi connectivity index (χ3n) is 5.70. The zero-order chi connectivity index (χ0) is 22.8. The first-order valence-electron chi connectivity index (χ1n) is 10.0. The first kappa shape index (κ1) is 22.7.